The second kappa shape index (κ2) is 6.04. The maximum atomic E-state index is 10.7. The topological polar surface area (TPSA) is 77.2 Å². The second-order valence-electron chi connectivity index (χ2n) is 5.05. The smallest absolute Gasteiger partial charge is 0.404 e. The number of rotatable bonds is 4. The molecule has 1 amide bonds. The standard InChI is InChI=1S/C12H18BrN3O2/c1-12(2,3)9(7-18-11(14)17)16-10-6-8(13)4-5-15-10/h4-6,9H,7H2,1-3H3,(H2,14,17)(H,15,16). The third-order valence-electron chi connectivity index (χ3n) is 2.48. The zero-order chi connectivity index (χ0) is 13.8. The average molecular weight is 316 g/mol. The van der Waals surface area contributed by atoms with Crippen molar-refractivity contribution in [1.82, 2.24) is 4.98 Å². The Morgan fingerprint density at radius 1 is 1.61 bits per heavy atom. The van der Waals surface area contributed by atoms with Crippen LogP contribution in [0.3, 0.4) is 0 Å². The summed E-state index contributed by atoms with van der Waals surface area (Å²) in [6, 6.07) is 3.63. The van der Waals surface area contributed by atoms with E-state index in [4.69, 9.17) is 10.5 Å². The van der Waals surface area contributed by atoms with E-state index in [9.17, 15) is 4.79 Å². The van der Waals surface area contributed by atoms with Crippen molar-refractivity contribution in [3.63, 3.8) is 0 Å². The van der Waals surface area contributed by atoms with Crippen LogP contribution >= 0.6 is 15.9 Å². The minimum Gasteiger partial charge on any atom is -0.448 e. The number of nitrogens with two attached hydrogens (primary N) is 1. The van der Waals surface area contributed by atoms with Crippen molar-refractivity contribution < 1.29 is 9.53 Å². The molecule has 18 heavy (non-hydrogen) atoms. The fraction of sp³-hybridized carbons (Fsp3) is 0.500. The van der Waals surface area contributed by atoms with E-state index in [1.807, 2.05) is 32.9 Å². The summed E-state index contributed by atoms with van der Waals surface area (Å²) >= 11 is 3.38. The number of ether oxygens (including phenoxy) is 1. The molecule has 0 aliphatic carbocycles. The van der Waals surface area contributed by atoms with Crippen molar-refractivity contribution in [3.8, 4) is 0 Å². The maximum Gasteiger partial charge on any atom is 0.404 e. The SMILES string of the molecule is CC(C)(C)C(COC(N)=O)Nc1cc(Br)ccn1. The van der Waals surface area contributed by atoms with Crippen molar-refractivity contribution in [2.75, 3.05) is 11.9 Å². The van der Waals surface area contributed by atoms with Gasteiger partial charge in [0.05, 0.1) is 6.04 Å². The molecule has 0 aromatic carbocycles. The summed E-state index contributed by atoms with van der Waals surface area (Å²) in [5, 5.41) is 3.24. The molecular weight excluding hydrogens is 298 g/mol. The number of hydrogen-bond acceptors (Lipinski definition) is 4. The number of hydrogen-bond donors (Lipinski definition) is 2. The number of carbonyl (C=O) groups excluding carboxylic acids is 1. The monoisotopic (exact) mass is 315 g/mol. The second-order valence-corrected chi connectivity index (χ2v) is 5.97. The molecule has 0 aliphatic rings. The van der Waals surface area contributed by atoms with Gasteiger partial charge in [0.1, 0.15) is 12.4 Å². The van der Waals surface area contributed by atoms with E-state index in [2.05, 4.69) is 26.2 Å². The molecule has 0 aliphatic heterocycles. The van der Waals surface area contributed by atoms with Crippen molar-refractivity contribution in [2.24, 2.45) is 11.1 Å². The molecule has 1 atom stereocenters. The number of carbonyl (C=O) groups is 1. The first-order chi connectivity index (χ1) is 8.29. The van der Waals surface area contributed by atoms with Gasteiger partial charge in [0.2, 0.25) is 0 Å². The van der Waals surface area contributed by atoms with Crippen LogP contribution in [-0.4, -0.2) is 23.7 Å². The third kappa shape index (κ3) is 4.91. The van der Waals surface area contributed by atoms with Crippen LogP contribution < -0.4 is 11.1 Å². The first-order valence-electron chi connectivity index (χ1n) is 5.59. The van der Waals surface area contributed by atoms with Gasteiger partial charge in [-0.15, -0.1) is 0 Å². The lowest BCUT2D eigenvalue weighted by atomic mass is 9.87. The number of nitrogens with zero attached hydrogens (tertiary/aromatic N) is 1. The van der Waals surface area contributed by atoms with E-state index < -0.39 is 6.09 Å². The number of anilines is 1. The van der Waals surface area contributed by atoms with Crippen LogP contribution in [-0.2, 0) is 4.74 Å². The normalized spacial score (nSPS) is 12.9. The van der Waals surface area contributed by atoms with Crippen LogP contribution in [0.15, 0.2) is 22.8 Å². The lowest BCUT2D eigenvalue weighted by Crippen LogP contribution is -2.39. The highest BCUT2D eigenvalue weighted by molar-refractivity contribution is 9.10. The Balaban J connectivity index is 2.75. The lowest BCUT2D eigenvalue weighted by Gasteiger charge is -2.31. The zero-order valence-electron chi connectivity index (χ0n) is 10.7. The molecular formula is C12H18BrN3O2. The summed E-state index contributed by atoms with van der Waals surface area (Å²) in [4.78, 5) is 14.9. The molecule has 0 fully saturated rings. The molecule has 0 saturated heterocycles. The number of aromatic nitrogens is 1. The van der Waals surface area contributed by atoms with Crippen molar-refractivity contribution >= 4 is 27.8 Å². The Morgan fingerprint density at radius 3 is 2.78 bits per heavy atom. The zero-order valence-corrected chi connectivity index (χ0v) is 12.3. The van der Waals surface area contributed by atoms with E-state index in [1.54, 1.807) is 6.20 Å². The molecule has 1 aromatic rings. The minimum absolute atomic E-state index is 0.0770. The van der Waals surface area contributed by atoms with Crippen LogP contribution in [0.2, 0.25) is 0 Å². The maximum absolute atomic E-state index is 10.7. The van der Waals surface area contributed by atoms with Crippen molar-refractivity contribution in [3.05, 3.63) is 22.8 Å². The van der Waals surface area contributed by atoms with E-state index >= 15 is 0 Å². The third-order valence-corrected chi connectivity index (χ3v) is 2.97. The molecule has 6 heteroatoms. The van der Waals surface area contributed by atoms with Crippen LogP contribution in [0.25, 0.3) is 0 Å². The number of amides is 1. The summed E-state index contributed by atoms with van der Waals surface area (Å²) in [5.74, 6) is 0.720. The van der Waals surface area contributed by atoms with E-state index in [-0.39, 0.29) is 18.1 Å². The number of halogens is 1. The van der Waals surface area contributed by atoms with Crippen LogP contribution in [0.5, 0.6) is 0 Å². The van der Waals surface area contributed by atoms with Gasteiger partial charge in [-0.25, -0.2) is 9.78 Å². The van der Waals surface area contributed by atoms with Gasteiger partial charge in [-0.05, 0) is 17.5 Å². The van der Waals surface area contributed by atoms with E-state index in [1.165, 1.54) is 0 Å². The summed E-state index contributed by atoms with van der Waals surface area (Å²) in [7, 11) is 0. The molecule has 1 unspecified atom stereocenters. The minimum atomic E-state index is -0.770. The lowest BCUT2D eigenvalue weighted by molar-refractivity contribution is 0.132. The van der Waals surface area contributed by atoms with Crippen LogP contribution in [0.4, 0.5) is 10.6 Å². The highest BCUT2D eigenvalue weighted by Crippen LogP contribution is 2.23. The number of primary amides is 1. The molecule has 1 heterocycles. The van der Waals surface area contributed by atoms with Gasteiger partial charge in [-0.1, -0.05) is 36.7 Å². The Morgan fingerprint density at radius 2 is 2.28 bits per heavy atom. The van der Waals surface area contributed by atoms with Gasteiger partial charge in [0, 0.05) is 10.7 Å². The van der Waals surface area contributed by atoms with Gasteiger partial charge in [0.15, 0.2) is 0 Å². The summed E-state index contributed by atoms with van der Waals surface area (Å²) in [6.45, 7) is 6.35. The first kappa shape index (κ1) is 14.8. The van der Waals surface area contributed by atoms with E-state index in [0.29, 0.717) is 0 Å². The van der Waals surface area contributed by atoms with E-state index in [0.717, 1.165) is 10.3 Å². The Kier molecular flexibility index (Phi) is 4.95. The summed E-state index contributed by atoms with van der Waals surface area (Å²) < 4.78 is 5.80. The summed E-state index contributed by atoms with van der Waals surface area (Å²) in [5.41, 5.74) is 4.89. The van der Waals surface area contributed by atoms with Gasteiger partial charge < -0.3 is 15.8 Å². The fourth-order valence-electron chi connectivity index (χ4n) is 1.34. The van der Waals surface area contributed by atoms with Gasteiger partial charge in [-0.2, -0.15) is 0 Å². The fourth-order valence-corrected chi connectivity index (χ4v) is 1.67. The Hall–Kier alpha value is -1.30. The molecule has 0 saturated carbocycles. The molecule has 1 aromatic heterocycles. The predicted molar refractivity (Wildman–Crippen MR) is 74.3 cm³/mol. The highest BCUT2D eigenvalue weighted by Gasteiger charge is 2.26. The Bertz CT molecular complexity index is 418. The predicted octanol–water partition coefficient (Wildman–Crippen LogP) is 2.77. The molecule has 0 spiro atoms. The van der Waals surface area contributed by atoms with Gasteiger partial charge in [-0.3, -0.25) is 0 Å². The molecule has 100 valence electrons. The first-order valence-corrected chi connectivity index (χ1v) is 6.38. The molecule has 0 radical (unpaired) electrons. The molecule has 1 rings (SSSR count). The average Bonchev–Trinajstić information content (AvgIpc) is 2.22. The van der Waals surface area contributed by atoms with Crippen LogP contribution in [0, 0.1) is 5.41 Å². The Labute approximate surface area is 115 Å². The largest absolute Gasteiger partial charge is 0.448 e. The number of pyridine rings is 1. The highest BCUT2D eigenvalue weighted by atomic mass is 79.9. The molecule has 0 bridgehead atoms. The summed E-state index contributed by atoms with van der Waals surface area (Å²) in [6.07, 6.45) is 0.925. The molecule has 3 N–H and O–H groups in total. The van der Waals surface area contributed by atoms with Crippen molar-refractivity contribution in [1.29, 1.82) is 0 Å². The molecule has 5 nitrogen and oxygen atoms in total. The quantitative estimate of drug-likeness (QED) is 0.895. The van der Waals surface area contributed by atoms with Gasteiger partial charge >= 0.3 is 6.09 Å². The van der Waals surface area contributed by atoms with Gasteiger partial charge in [0.25, 0.3) is 0 Å². The van der Waals surface area contributed by atoms with Crippen molar-refractivity contribution in [2.45, 2.75) is 26.8 Å². The van der Waals surface area contributed by atoms with Crippen LogP contribution in [0.1, 0.15) is 20.8 Å². The number of nitrogens with one attached hydrogen (secondary N) is 1.